The zero-order valence-electron chi connectivity index (χ0n) is 10.2. The SMILES string of the molecule is CCc1ccc(C(=O)CCC(C)CN)cc1. The molecule has 1 atom stereocenters. The summed E-state index contributed by atoms with van der Waals surface area (Å²) in [6.07, 6.45) is 2.49. The number of carbonyl (C=O) groups is 1. The number of ketones is 1. The fraction of sp³-hybridized carbons (Fsp3) is 0.500. The van der Waals surface area contributed by atoms with Gasteiger partial charge in [-0.1, -0.05) is 38.1 Å². The summed E-state index contributed by atoms with van der Waals surface area (Å²) in [5.74, 6) is 0.654. The Labute approximate surface area is 97.9 Å². The quantitative estimate of drug-likeness (QED) is 0.748. The molecule has 2 N–H and O–H groups in total. The van der Waals surface area contributed by atoms with Gasteiger partial charge in [0.1, 0.15) is 0 Å². The average molecular weight is 219 g/mol. The zero-order valence-corrected chi connectivity index (χ0v) is 10.2. The highest BCUT2D eigenvalue weighted by Gasteiger charge is 2.07. The van der Waals surface area contributed by atoms with Crippen LogP contribution >= 0.6 is 0 Å². The Kier molecular flexibility index (Phi) is 5.20. The van der Waals surface area contributed by atoms with E-state index in [-0.39, 0.29) is 5.78 Å². The molecule has 0 aliphatic rings. The Bertz CT molecular complexity index is 329. The molecule has 0 fully saturated rings. The van der Waals surface area contributed by atoms with E-state index in [0.717, 1.165) is 18.4 Å². The summed E-state index contributed by atoms with van der Waals surface area (Å²) < 4.78 is 0. The fourth-order valence-electron chi connectivity index (χ4n) is 1.57. The highest BCUT2D eigenvalue weighted by molar-refractivity contribution is 5.96. The average Bonchev–Trinajstić information content (AvgIpc) is 2.35. The van der Waals surface area contributed by atoms with E-state index in [0.29, 0.717) is 18.9 Å². The molecule has 1 aromatic rings. The van der Waals surface area contributed by atoms with Crippen LogP contribution in [0.1, 0.15) is 42.6 Å². The lowest BCUT2D eigenvalue weighted by molar-refractivity contribution is 0.0975. The first-order valence-electron chi connectivity index (χ1n) is 5.99. The standard InChI is InChI=1S/C14H21NO/c1-3-12-5-7-13(8-6-12)14(16)9-4-11(2)10-15/h5-8,11H,3-4,9-10,15H2,1-2H3. The van der Waals surface area contributed by atoms with Crippen LogP contribution < -0.4 is 5.73 Å². The first kappa shape index (κ1) is 12.9. The van der Waals surface area contributed by atoms with Gasteiger partial charge in [-0.3, -0.25) is 4.79 Å². The maximum Gasteiger partial charge on any atom is 0.162 e. The Morgan fingerprint density at radius 1 is 1.31 bits per heavy atom. The van der Waals surface area contributed by atoms with Gasteiger partial charge in [0, 0.05) is 12.0 Å². The van der Waals surface area contributed by atoms with Crippen molar-refractivity contribution in [2.24, 2.45) is 11.7 Å². The van der Waals surface area contributed by atoms with Gasteiger partial charge in [-0.25, -0.2) is 0 Å². The summed E-state index contributed by atoms with van der Waals surface area (Å²) >= 11 is 0. The van der Waals surface area contributed by atoms with Gasteiger partial charge >= 0.3 is 0 Å². The number of Topliss-reactive ketones (excluding diaryl/α,β-unsaturated/α-hetero) is 1. The molecule has 88 valence electrons. The Balaban J connectivity index is 2.52. The van der Waals surface area contributed by atoms with Crippen LogP contribution in [0.4, 0.5) is 0 Å². The molecule has 0 spiro atoms. The molecule has 2 heteroatoms. The topological polar surface area (TPSA) is 43.1 Å². The number of hydrogen-bond donors (Lipinski definition) is 1. The van der Waals surface area contributed by atoms with E-state index in [1.54, 1.807) is 0 Å². The Morgan fingerprint density at radius 2 is 1.94 bits per heavy atom. The van der Waals surface area contributed by atoms with E-state index >= 15 is 0 Å². The Hall–Kier alpha value is -1.15. The van der Waals surface area contributed by atoms with E-state index < -0.39 is 0 Å². The molecule has 0 aromatic heterocycles. The van der Waals surface area contributed by atoms with Crippen molar-refractivity contribution < 1.29 is 4.79 Å². The van der Waals surface area contributed by atoms with Crippen molar-refractivity contribution in [3.63, 3.8) is 0 Å². The minimum Gasteiger partial charge on any atom is -0.330 e. The summed E-state index contributed by atoms with van der Waals surface area (Å²) in [6.45, 7) is 4.84. The zero-order chi connectivity index (χ0) is 12.0. The molecule has 1 unspecified atom stereocenters. The fourth-order valence-corrected chi connectivity index (χ4v) is 1.57. The van der Waals surface area contributed by atoms with Crippen LogP contribution in [0.25, 0.3) is 0 Å². The van der Waals surface area contributed by atoms with E-state index in [4.69, 9.17) is 5.73 Å². The van der Waals surface area contributed by atoms with Crippen LogP contribution in [0.5, 0.6) is 0 Å². The molecule has 0 heterocycles. The van der Waals surface area contributed by atoms with Crippen molar-refractivity contribution in [3.05, 3.63) is 35.4 Å². The van der Waals surface area contributed by atoms with Gasteiger partial charge in [-0.15, -0.1) is 0 Å². The third-order valence-electron chi connectivity index (χ3n) is 2.95. The lowest BCUT2D eigenvalue weighted by Gasteiger charge is -2.07. The number of hydrogen-bond acceptors (Lipinski definition) is 2. The molecule has 0 aliphatic heterocycles. The molecule has 2 nitrogen and oxygen atoms in total. The van der Waals surface area contributed by atoms with E-state index in [1.165, 1.54) is 5.56 Å². The molecule has 0 saturated heterocycles. The highest BCUT2D eigenvalue weighted by atomic mass is 16.1. The van der Waals surface area contributed by atoms with Crippen molar-refractivity contribution in [3.8, 4) is 0 Å². The van der Waals surface area contributed by atoms with Crippen molar-refractivity contribution >= 4 is 5.78 Å². The normalized spacial score (nSPS) is 12.4. The number of benzene rings is 1. The summed E-state index contributed by atoms with van der Waals surface area (Å²) in [6, 6.07) is 7.90. The van der Waals surface area contributed by atoms with E-state index in [2.05, 4.69) is 13.8 Å². The molecule has 0 aliphatic carbocycles. The summed E-state index contributed by atoms with van der Waals surface area (Å²) in [7, 11) is 0. The van der Waals surface area contributed by atoms with Gasteiger partial charge in [0.25, 0.3) is 0 Å². The van der Waals surface area contributed by atoms with Crippen LogP contribution in [0.3, 0.4) is 0 Å². The maximum atomic E-state index is 11.8. The predicted molar refractivity (Wildman–Crippen MR) is 67.6 cm³/mol. The van der Waals surface area contributed by atoms with Gasteiger partial charge in [-0.2, -0.15) is 0 Å². The summed E-state index contributed by atoms with van der Waals surface area (Å²) in [4.78, 5) is 11.8. The smallest absolute Gasteiger partial charge is 0.162 e. The number of rotatable bonds is 6. The Morgan fingerprint density at radius 3 is 2.44 bits per heavy atom. The summed E-state index contributed by atoms with van der Waals surface area (Å²) in [5.41, 5.74) is 7.61. The molecular weight excluding hydrogens is 198 g/mol. The second-order valence-corrected chi connectivity index (χ2v) is 4.35. The molecular formula is C14H21NO. The third-order valence-corrected chi connectivity index (χ3v) is 2.95. The van der Waals surface area contributed by atoms with E-state index in [9.17, 15) is 4.79 Å². The molecule has 0 saturated carbocycles. The predicted octanol–water partition coefficient (Wildman–Crippen LogP) is 2.81. The van der Waals surface area contributed by atoms with Crippen molar-refractivity contribution in [2.45, 2.75) is 33.1 Å². The van der Waals surface area contributed by atoms with Gasteiger partial charge < -0.3 is 5.73 Å². The number of nitrogens with two attached hydrogens (primary N) is 1. The highest BCUT2D eigenvalue weighted by Crippen LogP contribution is 2.11. The van der Waals surface area contributed by atoms with Gasteiger partial charge in [-0.05, 0) is 30.9 Å². The monoisotopic (exact) mass is 219 g/mol. The van der Waals surface area contributed by atoms with Crippen molar-refractivity contribution in [1.29, 1.82) is 0 Å². The first-order chi connectivity index (χ1) is 7.67. The number of carbonyl (C=O) groups excluding carboxylic acids is 1. The molecule has 1 rings (SSSR count). The number of aryl methyl sites for hydroxylation is 1. The van der Waals surface area contributed by atoms with Gasteiger partial charge in [0.2, 0.25) is 0 Å². The minimum absolute atomic E-state index is 0.225. The third kappa shape index (κ3) is 3.78. The molecule has 0 bridgehead atoms. The largest absolute Gasteiger partial charge is 0.330 e. The van der Waals surface area contributed by atoms with Crippen LogP contribution in [0.2, 0.25) is 0 Å². The van der Waals surface area contributed by atoms with Crippen LogP contribution in [-0.2, 0) is 6.42 Å². The second-order valence-electron chi connectivity index (χ2n) is 4.35. The van der Waals surface area contributed by atoms with Crippen molar-refractivity contribution in [2.75, 3.05) is 6.54 Å². The molecule has 0 radical (unpaired) electrons. The molecule has 0 amide bonds. The lowest BCUT2D eigenvalue weighted by Crippen LogP contribution is -2.12. The van der Waals surface area contributed by atoms with Crippen LogP contribution in [0.15, 0.2) is 24.3 Å². The van der Waals surface area contributed by atoms with Crippen molar-refractivity contribution in [1.82, 2.24) is 0 Å². The molecule has 16 heavy (non-hydrogen) atoms. The first-order valence-corrected chi connectivity index (χ1v) is 5.99. The minimum atomic E-state index is 0.225. The van der Waals surface area contributed by atoms with E-state index in [1.807, 2.05) is 24.3 Å². The molecule has 1 aromatic carbocycles. The van der Waals surface area contributed by atoms with Gasteiger partial charge in [0.15, 0.2) is 5.78 Å². The van der Waals surface area contributed by atoms with Gasteiger partial charge in [0.05, 0.1) is 0 Å². The summed E-state index contributed by atoms with van der Waals surface area (Å²) in [5, 5.41) is 0. The van der Waals surface area contributed by atoms with Crippen LogP contribution in [-0.4, -0.2) is 12.3 Å². The maximum absolute atomic E-state index is 11.8. The second kappa shape index (κ2) is 6.44. The lowest BCUT2D eigenvalue weighted by atomic mass is 9.99. The van der Waals surface area contributed by atoms with Crippen LogP contribution in [0, 0.1) is 5.92 Å².